The molecule has 0 radical (unpaired) electrons. The lowest BCUT2D eigenvalue weighted by Crippen LogP contribution is -2.41. The van der Waals surface area contributed by atoms with Crippen LogP contribution in [0, 0.1) is 0 Å². The molecule has 0 aromatic heterocycles. The number of benzene rings is 1. The Kier molecular flexibility index (Phi) is 3.87. The molecule has 18 heavy (non-hydrogen) atoms. The van der Waals surface area contributed by atoms with E-state index < -0.39 is 0 Å². The number of rotatable bonds is 3. The molecule has 0 aliphatic carbocycles. The highest BCUT2D eigenvalue weighted by Gasteiger charge is 2.29. The highest BCUT2D eigenvalue weighted by atomic mass is 35.5. The number of likely N-dealkylation sites (N-methyl/N-ethyl adjacent to an activating group) is 1. The van der Waals surface area contributed by atoms with Gasteiger partial charge in [0.05, 0.1) is 6.42 Å². The summed E-state index contributed by atoms with van der Waals surface area (Å²) in [6.45, 7) is 0.695. The van der Waals surface area contributed by atoms with Gasteiger partial charge in [-0.3, -0.25) is 9.59 Å². The third-order valence-electron chi connectivity index (χ3n) is 3.02. The second kappa shape index (κ2) is 5.40. The fourth-order valence-corrected chi connectivity index (χ4v) is 2.25. The molecule has 1 aromatic carbocycles. The number of carbonyl (C=O) groups is 2. The van der Waals surface area contributed by atoms with Crippen molar-refractivity contribution < 1.29 is 9.59 Å². The summed E-state index contributed by atoms with van der Waals surface area (Å²) in [6, 6.07) is 6.79. The Morgan fingerprint density at radius 2 is 2.33 bits per heavy atom. The van der Waals surface area contributed by atoms with Gasteiger partial charge in [0.2, 0.25) is 11.8 Å². The highest BCUT2D eigenvalue weighted by molar-refractivity contribution is 6.30. The molecule has 1 fully saturated rings. The number of amides is 2. The van der Waals surface area contributed by atoms with E-state index in [1.54, 1.807) is 30.1 Å². The van der Waals surface area contributed by atoms with Crippen LogP contribution in [0.4, 0.5) is 0 Å². The van der Waals surface area contributed by atoms with E-state index >= 15 is 0 Å². The van der Waals surface area contributed by atoms with E-state index in [0.29, 0.717) is 18.0 Å². The zero-order valence-electron chi connectivity index (χ0n) is 10.1. The standard InChI is InChI=1S/C13H15ClN2O2/c1-16-6-5-11(13(16)18)15-12(17)8-9-3-2-4-10(14)7-9/h2-4,7,11H,5-6,8H2,1H3,(H,15,17)/t11-/m0/s1. The fraction of sp³-hybridized carbons (Fsp3) is 0.385. The van der Waals surface area contributed by atoms with Crippen LogP contribution < -0.4 is 5.32 Å². The molecule has 4 nitrogen and oxygen atoms in total. The largest absolute Gasteiger partial charge is 0.344 e. The van der Waals surface area contributed by atoms with Crippen LogP contribution in [-0.2, 0) is 16.0 Å². The van der Waals surface area contributed by atoms with Crippen molar-refractivity contribution >= 4 is 23.4 Å². The van der Waals surface area contributed by atoms with Gasteiger partial charge in [0.1, 0.15) is 6.04 Å². The van der Waals surface area contributed by atoms with E-state index in [-0.39, 0.29) is 24.3 Å². The Hall–Kier alpha value is -1.55. The lowest BCUT2D eigenvalue weighted by atomic mass is 10.1. The van der Waals surface area contributed by atoms with Crippen LogP contribution in [-0.4, -0.2) is 36.3 Å². The first-order valence-electron chi connectivity index (χ1n) is 5.85. The molecule has 0 unspecified atom stereocenters. The molecule has 1 heterocycles. The third kappa shape index (κ3) is 3.01. The molecule has 1 atom stereocenters. The van der Waals surface area contributed by atoms with Crippen molar-refractivity contribution in [1.82, 2.24) is 10.2 Å². The monoisotopic (exact) mass is 266 g/mol. The summed E-state index contributed by atoms with van der Waals surface area (Å²) in [5.74, 6) is -0.166. The Morgan fingerprint density at radius 1 is 1.56 bits per heavy atom. The maximum atomic E-state index is 11.8. The molecule has 1 saturated heterocycles. The third-order valence-corrected chi connectivity index (χ3v) is 3.25. The first kappa shape index (κ1) is 12.9. The van der Waals surface area contributed by atoms with Gasteiger partial charge in [0.25, 0.3) is 0 Å². The number of halogens is 1. The van der Waals surface area contributed by atoms with Crippen molar-refractivity contribution in [3.05, 3.63) is 34.9 Å². The molecule has 0 spiro atoms. The summed E-state index contributed by atoms with van der Waals surface area (Å²) in [7, 11) is 1.74. The van der Waals surface area contributed by atoms with Crippen LogP contribution >= 0.6 is 11.6 Å². The van der Waals surface area contributed by atoms with Crippen LogP contribution in [0.3, 0.4) is 0 Å². The van der Waals surface area contributed by atoms with Gasteiger partial charge >= 0.3 is 0 Å². The molecule has 1 aromatic rings. The van der Waals surface area contributed by atoms with Crippen molar-refractivity contribution in [2.45, 2.75) is 18.9 Å². The molecule has 5 heteroatoms. The number of hydrogen-bond donors (Lipinski definition) is 1. The number of hydrogen-bond acceptors (Lipinski definition) is 2. The second-order valence-electron chi connectivity index (χ2n) is 4.48. The zero-order chi connectivity index (χ0) is 13.1. The van der Waals surface area contributed by atoms with Crippen molar-refractivity contribution in [3.8, 4) is 0 Å². The topological polar surface area (TPSA) is 49.4 Å². The van der Waals surface area contributed by atoms with Gasteiger partial charge in [-0.25, -0.2) is 0 Å². The number of nitrogens with one attached hydrogen (secondary N) is 1. The number of nitrogens with zero attached hydrogens (tertiary/aromatic N) is 1. The van der Waals surface area contributed by atoms with Crippen LogP contribution in [0.5, 0.6) is 0 Å². The Balaban J connectivity index is 1.91. The average Bonchev–Trinajstić information content (AvgIpc) is 2.61. The summed E-state index contributed by atoms with van der Waals surface area (Å²) in [4.78, 5) is 25.1. The minimum Gasteiger partial charge on any atom is -0.344 e. The van der Waals surface area contributed by atoms with Gasteiger partial charge in [-0.15, -0.1) is 0 Å². The van der Waals surface area contributed by atoms with Crippen molar-refractivity contribution in [2.75, 3.05) is 13.6 Å². The summed E-state index contributed by atoms with van der Waals surface area (Å²) < 4.78 is 0. The van der Waals surface area contributed by atoms with Gasteiger partial charge in [0, 0.05) is 18.6 Å². The van der Waals surface area contributed by atoms with Gasteiger partial charge in [-0.2, -0.15) is 0 Å². The van der Waals surface area contributed by atoms with Crippen LogP contribution in [0.25, 0.3) is 0 Å². The Morgan fingerprint density at radius 3 is 2.94 bits per heavy atom. The van der Waals surface area contributed by atoms with E-state index in [2.05, 4.69) is 5.32 Å². The minimum absolute atomic E-state index is 0.0190. The maximum absolute atomic E-state index is 11.8. The Bertz CT molecular complexity index is 476. The predicted octanol–water partition coefficient (Wildman–Crippen LogP) is 1.23. The van der Waals surface area contributed by atoms with Crippen molar-refractivity contribution in [2.24, 2.45) is 0 Å². The lowest BCUT2D eigenvalue weighted by Gasteiger charge is -2.12. The van der Waals surface area contributed by atoms with Gasteiger partial charge in [-0.05, 0) is 24.1 Å². The molecule has 0 bridgehead atoms. The van der Waals surface area contributed by atoms with Crippen LogP contribution in [0.2, 0.25) is 5.02 Å². The van der Waals surface area contributed by atoms with E-state index in [9.17, 15) is 9.59 Å². The normalized spacial score (nSPS) is 19.1. The molecule has 2 amide bonds. The Labute approximate surface area is 111 Å². The van der Waals surface area contributed by atoms with Gasteiger partial charge in [0.15, 0.2) is 0 Å². The molecule has 2 rings (SSSR count). The van der Waals surface area contributed by atoms with Gasteiger partial charge < -0.3 is 10.2 Å². The van der Waals surface area contributed by atoms with E-state index in [4.69, 9.17) is 11.6 Å². The quantitative estimate of drug-likeness (QED) is 0.895. The maximum Gasteiger partial charge on any atom is 0.244 e. The average molecular weight is 267 g/mol. The van der Waals surface area contributed by atoms with E-state index in [0.717, 1.165) is 5.56 Å². The SMILES string of the molecule is CN1CC[C@H](NC(=O)Cc2cccc(Cl)c2)C1=O. The van der Waals surface area contributed by atoms with E-state index in [1.807, 2.05) is 6.07 Å². The number of likely N-dealkylation sites (tertiary alicyclic amines) is 1. The summed E-state index contributed by atoms with van der Waals surface area (Å²) in [6.07, 6.45) is 0.921. The first-order chi connectivity index (χ1) is 8.56. The molecular weight excluding hydrogens is 252 g/mol. The zero-order valence-corrected chi connectivity index (χ0v) is 10.9. The molecule has 1 N–H and O–H groups in total. The second-order valence-corrected chi connectivity index (χ2v) is 4.91. The molecule has 1 aliphatic heterocycles. The minimum atomic E-state index is -0.373. The van der Waals surface area contributed by atoms with Crippen molar-refractivity contribution in [1.29, 1.82) is 0 Å². The predicted molar refractivity (Wildman–Crippen MR) is 69.3 cm³/mol. The lowest BCUT2D eigenvalue weighted by molar-refractivity contribution is -0.131. The summed E-state index contributed by atoms with van der Waals surface area (Å²) in [5.41, 5.74) is 0.846. The van der Waals surface area contributed by atoms with Crippen molar-refractivity contribution in [3.63, 3.8) is 0 Å². The summed E-state index contributed by atoms with van der Waals surface area (Å²) in [5, 5.41) is 3.36. The smallest absolute Gasteiger partial charge is 0.244 e. The first-order valence-corrected chi connectivity index (χ1v) is 6.23. The highest BCUT2D eigenvalue weighted by Crippen LogP contribution is 2.12. The van der Waals surface area contributed by atoms with Gasteiger partial charge in [-0.1, -0.05) is 23.7 Å². The molecule has 0 saturated carbocycles. The van der Waals surface area contributed by atoms with Crippen LogP contribution in [0.1, 0.15) is 12.0 Å². The molecule has 96 valence electrons. The number of carbonyl (C=O) groups excluding carboxylic acids is 2. The fourth-order valence-electron chi connectivity index (χ4n) is 2.03. The summed E-state index contributed by atoms with van der Waals surface area (Å²) >= 11 is 5.85. The van der Waals surface area contributed by atoms with Crippen LogP contribution in [0.15, 0.2) is 24.3 Å². The molecule has 1 aliphatic rings. The van der Waals surface area contributed by atoms with E-state index in [1.165, 1.54) is 0 Å². The molecular formula is C13H15ClN2O2.